The third-order valence-electron chi connectivity index (χ3n) is 3.99. The predicted octanol–water partition coefficient (Wildman–Crippen LogP) is 2.95. The van der Waals surface area contributed by atoms with E-state index in [0.717, 1.165) is 18.5 Å². The van der Waals surface area contributed by atoms with Crippen molar-refractivity contribution in [3.63, 3.8) is 0 Å². The number of hydrogen-bond acceptors (Lipinski definition) is 5. The van der Waals surface area contributed by atoms with Crippen molar-refractivity contribution in [3.8, 4) is 11.5 Å². The molecule has 0 fully saturated rings. The van der Waals surface area contributed by atoms with E-state index in [0.29, 0.717) is 30.7 Å². The highest BCUT2D eigenvalue weighted by molar-refractivity contribution is 5.99. The molecule has 0 aromatic heterocycles. The maximum absolute atomic E-state index is 12.6. The second-order valence-corrected chi connectivity index (χ2v) is 6.26. The van der Waals surface area contributed by atoms with Gasteiger partial charge in [-0.15, -0.1) is 0 Å². The molecule has 5 heteroatoms. The summed E-state index contributed by atoms with van der Waals surface area (Å²) < 4.78 is 5.61. The number of ether oxygens (including phenoxy) is 1. The molecule has 0 amide bonds. The average Bonchev–Trinajstić information content (AvgIpc) is 2.65. The Bertz CT molecular complexity index is 688. The van der Waals surface area contributed by atoms with Crippen LogP contribution in [0.1, 0.15) is 35.7 Å². The first-order valence-electron chi connectivity index (χ1n) is 9.02. The molecule has 0 aliphatic carbocycles. The van der Waals surface area contributed by atoms with Crippen molar-refractivity contribution >= 4 is 5.78 Å². The Labute approximate surface area is 154 Å². The Hall–Kier alpha value is -2.37. The fourth-order valence-electron chi connectivity index (χ4n) is 2.59. The third-order valence-corrected chi connectivity index (χ3v) is 3.99. The number of aliphatic hydroxyl groups excluding tert-OH is 1. The largest absolute Gasteiger partial charge is 0.508 e. The van der Waals surface area contributed by atoms with Gasteiger partial charge in [-0.25, -0.2) is 0 Å². The number of phenolic OH excluding ortho intramolecular Hbond substituents is 1. The molecule has 5 nitrogen and oxygen atoms in total. The fraction of sp³-hybridized carbons (Fsp3) is 0.381. The molecule has 0 aliphatic heterocycles. The van der Waals surface area contributed by atoms with E-state index in [9.17, 15) is 15.0 Å². The normalized spacial score (nSPS) is 11.9. The van der Waals surface area contributed by atoms with Crippen LogP contribution < -0.4 is 10.1 Å². The lowest BCUT2D eigenvalue weighted by Crippen LogP contribution is -2.32. The summed E-state index contributed by atoms with van der Waals surface area (Å²) in [4.78, 5) is 12.6. The fourth-order valence-corrected chi connectivity index (χ4v) is 2.59. The summed E-state index contributed by atoms with van der Waals surface area (Å²) in [5.74, 6) is 0.276. The van der Waals surface area contributed by atoms with Crippen molar-refractivity contribution in [1.29, 1.82) is 0 Å². The summed E-state index contributed by atoms with van der Waals surface area (Å²) in [5, 5.41) is 22.8. The zero-order valence-electron chi connectivity index (χ0n) is 15.1. The molecule has 1 atom stereocenters. The van der Waals surface area contributed by atoms with E-state index in [2.05, 4.69) is 12.2 Å². The Morgan fingerprint density at radius 2 is 1.96 bits per heavy atom. The van der Waals surface area contributed by atoms with Crippen LogP contribution in [0.2, 0.25) is 0 Å². The lowest BCUT2D eigenvalue weighted by atomic mass is 10.0. The van der Waals surface area contributed by atoms with Crippen LogP contribution in [0.4, 0.5) is 0 Å². The van der Waals surface area contributed by atoms with Crippen LogP contribution >= 0.6 is 0 Å². The minimum Gasteiger partial charge on any atom is -0.508 e. The van der Waals surface area contributed by atoms with E-state index in [1.165, 1.54) is 12.1 Å². The highest BCUT2D eigenvalue weighted by Crippen LogP contribution is 2.26. The highest BCUT2D eigenvalue weighted by Gasteiger charge is 2.15. The van der Waals surface area contributed by atoms with Gasteiger partial charge in [0.15, 0.2) is 5.78 Å². The summed E-state index contributed by atoms with van der Waals surface area (Å²) in [6.45, 7) is 3.35. The van der Waals surface area contributed by atoms with Crippen molar-refractivity contribution in [3.05, 3.63) is 59.7 Å². The van der Waals surface area contributed by atoms with Gasteiger partial charge in [-0.1, -0.05) is 37.3 Å². The molecular formula is C21H27NO4. The molecule has 2 aromatic rings. The summed E-state index contributed by atoms with van der Waals surface area (Å²) in [6, 6.07) is 14.3. The number of aryl methyl sites for hydroxylation is 1. The Morgan fingerprint density at radius 3 is 2.69 bits per heavy atom. The van der Waals surface area contributed by atoms with E-state index in [-0.39, 0.29) is 18.1 Å². The number of ketones is 1. The molecular weight excluding hydrogens is 330 g/mol. The molecule has 2 rings (SSSR count). The number of carbonyl (C=O) groups excluding carboxylic acids is 1. The van der Waals surface area contributed by atoms with Crippen LogP contribution in [0.15, 0.2) is 48.5 Å². The van der Waals surface area contributed by atoms with Gasteiger partial charge < -0.3 is 20.3 Å². The van der Waals surface area contributed by atoms with Gasteiger partial charge >= 0.3 is 0 Å². The maximum Gasteiger partial charge on any atom is 0.166 e. The number of hydrogen-bond donors (Lipinski definition) is 3. The maximum atomic E-state index is 12.6. The van der Waals surface area contributed by atoms with Gasteiger partial charge in [0, 0.05) is 19.0 Å². The molecule has 140 valence electrons. The number of rotatable bonds is 11. The van der Waals surface area contributed by atoms with Crippen molar-refractivity contribution in [2.24, 2.45) is 0 Å². The van der Waals surface area contributed by atoms with Gasteiger partial charge in [0.05, 0.1) is 5.56 Å². The highest BCUT2D eigenvalue weighted by atomic mass is 16.5. The van der Waals surface area contributed by atoms with Crippen molar-refractivity contribution in [2.45, 2.75) is 32.3 Å². The average molecular weight is 357 g/mol. The smallest absolute Gasteiger partial charge is 0.166 e. The van der Waals surface area contributed by atoms with Crippen LogP contribution in [0.5, 0.6) is 11.5 Å². The second-order valence-electron chi connectivity index (χ2n) is 6.26. The third kappa shape index (κ3) is 6.50. The van der Waals surface area contributed by atoms with Crippen LogP contribution in [0.3, 0.4) is 0 Å². The van der Waals surface area contributed by atoms with E-state index >= 15 is 0 Å². The quantitative estimate of drug-likeness (QED) is 0.426. The molecule has 0 unspecified atom stereocenters. The van der Waals surface area contributed by atoms with Gasteiger partial charge in [-0.2, -0.15) is 0 Å². The minimum atomic E-state index is -0.684. The molecule has 0 heterocycles. The first-order chi connectivity index (χ1) is 12.6. The zero-order chi connectivity index (χ0) is 18.8. The lowest BCUT2D eigenvalue weighted by Gasteiger charge is -2.15. The molecule has 0 radical (unpaired) electrons. The monoisotopic (exact) mass is 357 g/mol. The van der Waals surface area contributed by atoms with Crippen LogP contribution in [0.25, 0.3) is 0 Å². The summed E-state index contributed by atoms with van der Waals surface area (Å²) in [6.07, 6.45) is 1.30. The minimum absolute atomic E-state index is 0.0261. The summed E-state index contributed by atoms with van der Waals surface area (Å²) >= 11 is 0. The van der Waals surface area contributed by atoms with Gasteiger partial charge in [-0.05, 0) is 37.1 Å². The Morgan fingerprint density at radius 1 is 1.19 bits per heavy atom. The van der Waals surface area contributed by atoms with Crippen LogP contribution in [0, 0.1) is 0 Å². The first kappa shape index (κ1) is 19.9. The number of Topliss-reactive ketones (excluding diaryl/α,β-unsaturated/α-hetero) is 1. The van der Waals surface area contributed by atoms with Crippen molar-refractivity contribution < 1.29 is 19.7 Å². The molecule has 0 aliphatic rings. The summed E-state index contributed by atoms with van der Waals surface area (Å²) in [7, 11) is 0. The number of aliphatic hydroxyl groups is 1. The Kier molecular flexibility index (Phi) is 8.12. The SMILES string of the molecule is CCCNC[C@H](O)COc1cc(O)ccc1C(=O)CCc1ccccc1. The standard InChI is InChI=1S/C21H27NO4/c1-2-12-22-14-18(24)15-26-21-13-17(23)9-10-19(21)20(25)11-8-16-6-4-3-5-7-16/h3-7,9-10,13,18,22-24H,2,8,11-12,14-15H2,1H3/t18-/m0/s1. The first-order valence-corrected chi connectivity index (χ1v) is 9.02. The molecule has 0 bridgehead atoms. The van der Waals surface area contributed by atoms with Gasteiger partial charge in [-0.3, -0.25) is 4.79 Å². The number of aromatic hydroxyl groups is 1. The van der Waals surface area contributed by atoms with E-state index < -0.39 is 6.10 Å². The number of phenols is 1. The molecule has 0 saturated carbocycles. The second kappa shape index (κ2) is 10.6. The summed E-state index contributed by atoms with van der Waals surface area (Å²) in [5.41, 5.74) is 1.52. The van der Waals surface area contributed by atoms with Crippen LogP contribution in [-0.2, 0) is 6.42 Å². The van der Waals surface area contributed by atoms with Crippen molar-refractivity contribution in [2.75, 3.05) is 19.7 Å². The van der Waals surface area contributed by atoms with Crippen molar-refractivity contribution in [1.82, 2.24) is 5.32 Å². The van der Waals surface area contributed by atoms with Crippen LogP contribution in [-0.4, -0.2) is 41.8 Å². The van der Waals surface area contributed by atoms with Gasteiger partial charge in [0.1, 0.15) is 24.2 Å². The molecule has 0 saturated heterocycles. The number of benzene rings is 2. The van der Waals surface area contributed by atoms with Gasteiger partial charge in [0.25, 0.3) is 0 Å². The Balaban J connectivity index is 1.96. The lowest BCUT2D eigenvalue weighted by molar-refractivity contribution is 0.0950. The molecule has 26 heavy (non-hydrogen) atoms. The topological polar surface area (TPSA) is 78.8 Å². The zero-order valence-corrected chi connectivity index (χ0v) is 15.1. The molecule has 0 spiro atoms. The van der Waals surface area contributed by atoms with E-state index in [1.807, 2.05) is 30.3 Å². The number of nitrogens with one attached hydrogen (secondary N) is 1. The molecule has 3 N–H and O–H groups in total. The van der Waals surface area contributed by atoms with E-state index in [1.54, 1.807) is 6.07 Å². The number of carbonyl (C=O) groups is 1. The van der Waals surface area contributed by atoms with Gasteiger partial charge in [0.2, 0.25) is 0 Å². The van der Waals surface area contributed by atoms with E-state index in [4.69, 9.17) is 4.74 Å². The molecule has 2 aromatic carbocycles. The predicted molar refractivity (Wildman–Crippen MR) is 102 cm³/mol.